The van der Waals surface area contributed by atoms with Gasteiger partial charge in [0.2, 0.25) is 0 Å². The molecule has 5 aromatic rings. The lowest BCUT2D eigenvalue weighted by Gasteiger charge is -2.11. The van der Waals surface area contributed by atoms with Crippen molar-refractivity contribution in [2.24, 2.45) is 0 Å². The fourth-order valence-corrected chi connectivity index (χ4v) is 4.85. The number of rotatable bonds is 5. The lowest BCUT2D eigenvalue weighted by atomic mass is 10.1. The van der Waals surface area contributed by atoms with Gasteiger partial charge in [0.15, 0.2) is 5.69 Å². The van der Waals surface area contributed by atoms with Crippen molar-refractivity contribution < 1.29 is 18.7 Å². The number of nitrogens with zero attached hydrogens (tertiary/aromatic N) is 2. The van der Waals surface area contributed by atoms with E-state index >= 15 is 0 Å². The van der Waals surface area contributed by atoms with E-state index in [4.69, 9.17) is 9.15 Å². The number of para-hydroxylation sites is 1. The molecule has 0 spiro atoms. The predicted octanol–water partition coefficient (Wildman–Crippen LogP) is 4.60. The first-order valence-corrected chi connectivity index (χ1v) is 12.3. The van der Waals surface area contributed by atoms with Crippen LogP contribution in [0.5, 0.6) is 0 Å². The molecule has 3 heterocycles. The molecule has 5 rings (SSSR count). The van der Waals surface area contributed by atoms with Crippen molar-refractivity contribution in [3.63, 3.8) is 0 Å². The van der Waals surface area contributed by atoms with Crippen molar-refractivity contribution in [1.29, 1.82) is 0 Å². The van der Waals surface area contributed by atoms with Crippen LogP contribution in [0.2, 0.25) is 0 Å². The second-order valence-electron chi connectivity index (χ2n) is 8.35. The van der Waals surface area contributed by atoms with Gasteiger partial charge < -0.3 is 14.5 Å². The van der Waals surface area contributed by atoms with Crippen LogP contribution in [0.25, 0.3) is 27.4 Å². The van der Waals surface area contributed by atoms with Crippen LogP contribution >= 0.6 is 11.3 Å². The van der Waals surface area contributed by atoms with E-state index in [1.54, 1.807) is 48.7 Å². The Labute approximate surface area is 213 Å². The van der Waals surface area contributed by atoms with Crippen LogP contribution in [-0.4, -0.2) is 28.3 Å². The molecule has 10 heteroatoms. The molecule has 1 N–H and O–H groups in total. The van der Waals surface area contributed by atoms with Gasteiger partial charge in [-0.1, -0.05) is 24.3 Å². The van der Waals surface area contributed by atoms with Crippen molar-refractivity contribution in [3.8, 4) is 5.69 Å². The molecule has 0 aliphatic carbocycles. The Balaban J connectivity index is 1.66. The molecule has 186 valence electrons. The first kappa shape index (κ1) is 24.1. The van der Waals surface area contributed by atoms with Crippen molar-refractivity contribution in [3.05, 3.63) is 97.1 Å². The summed E-state index contributed by atoms with van der Waals surface area (Å²) in [5, 5.41) is 9.60. The summed E-state index contributed by atoms with van der Waals surface area (Å²) in [6, 6.07) is 13.6. The molecule has 0 saturated heterocycles. The predicted molar refractivity (Wildman–Crippen MR) is 141 cm³/mol. The number of carbonyl (C=O) groups excluding carboxylic acids is 2. The Bertz CT molecular complexity index is 1830. The maximum absolute atomic E-state index is 13.6. The highest BCUT2D eigenvalue weighted by Gasteiger charge is 2.24. The molecule has 1 amide bonds. The molecular weight excluding hydrogens is 494 g/mol. The number of ether oxygens (including phenoxy) is 1. The smallest absolute Gasteiger partial charge is 0.359 e. The van der Waals surface area contributed by atoms with E-state index in [9.17, 15) is 19.2 Å². The topological polar surface area (TPSA) is 120 Å². The number of aromatic nitrogens is 2. The molecule has 2 aromatic carbocycles. The van der Waals surface area contributed by atoms with E-state index in [1.165, 1.54) is 6.07 Å². The third kappa shape index (κ3) is 4.31. The molecule has 0 atom stereocenters. The summed E-state index contributed by atoms with van der Waals surface area (Å²) in [5.74, 6) is -1.44. The summed E-state index contributed by atoms with van der Waals surface area (Å²) in [5.41, 5.74) is 1.16. The number of anilines is 1. The van der Waals surface area contributed by atoms with Crippen molar-refractivity contribution in [1.82, 2.24) is 9.78 Å². The third-order valence-electron chi connectivity index (χ3n) is 5.97. The number of esters is 1. The van der Waals surface area contributed by atoms with Gasteiger partial charge in [0.1, 0.15) is 16.1 Å². The van der Waals surface area contributed by atoms with Gasteiger partial charge in [0.25, 0.3) is 11.5 Å². The minimum atomic E-state index is -0.807. The number of thiophene rings is 1. The number of fused-ring (bicyclic) bond motifs is 2. The molecule has 0 bridgehead atoms. The highest BCUT2D eigenvalue weighted by molar-refractivity contribution is 7.16. The number of aryl methyl sites for hydroxylation is 2. The molecule has 0 saturated carbocycles. The Morgan fingerprint density at radius 3 is 2.62 bits per heavy atom. The van der Waals surface area contributed by atoms with Gasteiger partial charge in [-0.3, -0.25) is 9.59 Å². The van der Waals surface area contributed by atoms with E-state index < -0.39 is 23.1 Å². The molecule has 0 fully saturated rings. The molecule has 0 unspecified atom stereocenters. The molecule has 9 nitrogen and oxygen atoms in total. The molecule has 0 aliphatic rings. The SMILES string of the molecule is CCOC(=O)c1nn(-c2ccc(C)c(C)c2)c(=O)c2c(NC(=O)c3cc4ccccc4oc3=O)scc12. The zero-order valence-corrected chi connectivity index (χ0v) is 21.0. The Kier molecular flexibility index (Phi) is 6.18. The third-order valence-corrected chi connectivity index (χ3v) is 6.86. The van der Waals surface area contributed by atoms with Gasteiger partial charge in [0.05, 0.1) is 17.7 Å². The fourth-order valence-electron chi connectivity index (χ4n) is 3.91. The maximum atomic E-state index is 13.6. The number of hydrogen-bond donors (Lipinski definition) is 1. The zero-order valence-electron chi connectivity index (χ0n) is 20.2. The summed E-state index contributed by atoms with van der Waals surface area (Å²) in [4.78, 5) is 52.0. The monoisotopic (exact) mass is 515 g/mol. The largest absolute Gasteiger partial charge is 0.461 e. The second kappa shape index (κ2) is 9.47. The van der Waals surface area contributed by atoms with Gasteiger partial charge in [-0.2, -0.15) is 9.78 Å². The first-order chi connectivity index (χ1) is 17.8. The van der Waals surface area contributed by atoms with Crippen molar-refractivity contribution >= 4 is 50.0 Å². The number of amides is 1. The number of nitrogens with one attached hydrogen (secondary N) is 1. The van der Waals surface area contributed by atoms with Crippen LogP contribution in [0, 0.1) is 13.8 Å². The number of carbonyl (C=O) groups is 2. The molecular formula is C27H21N3O6S. The lowest BCUT2D eigenvalue weighted by Crippen LogP contribution is -2.26. The summed E-state index contributed by atoms with van der Waals surface area (Å²) >= 11 is 1.04. The minimum Gasteiger partial charge on any atom is -0.461 e. The Morgan fingerprint density at radius 1 is 1.08 bits per heavy atom. The van der Waals surface area contributed by atoms with Crippen LogP contribution < -0.4 is 16.5 Å². The minimum absolute atomic E-state index is 0.0587. The van der Waals surface area contributed by atoms with Gasteiger partial charge in [0, 0.05) is 16.2 Å². The first-order valence-electron chi connectivity index (χ1n) is 11.4. The summed E-state index contributed by atoms with van der Waals surface area (Å²) < 4.78 is 11.6. The number of hydrogen-bond acceptors (Lipinski definition) is 8. The molecule has 0 radical (unpaired) electrons. The standard InChI is InChI=1S/C27H21N3O6S/c1-4-35-27(34)22-19-13-37-24(21(19)25(32)30(29-22)17-10-9-14(2)15(3)11-17)28-23(31)18-12-16-7-5-6-8-20(16)36-26(18)33/h5-13H,4H2,1-3H3,(H,28,31). The summed E-state index contributed by atoms with van der Waals surface area (Å²) in [6.45, 7) is 5.64. The van der Waals surface area contributed by atoms with E-state index in [1.807, 2.05) is 19.9 Å². The van der Waals surface area contributed by atoms with Crippen LogP contribution in [0.1, 0.15) is 38.9 Å². The second-order valence-corrected chi connectivity index (χ2v) is 9.23. The molecule has 37 heavy (non-hydrogen) atoms. The average molecular weight is 516 g/mol. The maximum Gasteiger partial charge on any atom is 0.359 e. The number of benzene rings is 2. The van der Waals surface area contributed by atoms with Crippen molar-refractivity contribution in [2.75, 3.05) is 11.9 Å². The van der Waals surface area contributed by atoms with Gasteiger partial charge in [-0.25, -0.2) is 9.59 Å². The van der Waals surface area contributed by atoms with E-state index in [0.717, 1.165) is 27.1 Å². The van der Waals surface area contributed by atoms with Gasteiger partial charge >= 0.3 is 11.6 Å². The zero-order chi connectivity index (χ0) is 26.3. The summed E-state index contributed by atoms with van der Waals surface area (Å²) in [7, 11) is 0. The quantitative estimate of drug-likeness (QED) is 0.268. The Morgan fingerprint density at radius 2 is 1.86 bits per heavy atom. The fraction of sp³-hybridized carbons (Fsp3) is 0.148. The highest BCUT2D eigenvalue weighted by Crippen LogP contribution is 2.31. The highest BCUT2D eigenvalue weighted by atomic mass is 32.1. The van der Waals surface area contributed by atoms with Gasteiger partial charge in [-0.15, -0.1) is 11.3 Å². The van der Waals surface area contributed by atoms with E-state index in [2.05, 4.69) is 10.4 Å². The lowest BCUT2D eigenvalue weighted by molar-refractivity contribution is 0.0520. The average Bonchev–Trinajstić information content (AvgIpc) is 3.29. The normalized spacial score (nSPS) is 11.1. The molecule has 0 aliphatic heterocycles. The van der Waals surface area contributed by atoms with Crippen LogP contribution in [0.4, 0.5) is 5.00 Å². The van der Waals surface area contributed by atoms with E-state index in [0.29, 0.717) is 16.7 Å². The van der Waals surface area contributed by atoms with Gasteiger partial charge in [-0.05, 0) is 56.2 Å². The van der Waals surface area contributed by atoms with Crippen LogP contribution in [-0.2, 0) is 4.74 Å². The van der Waals surface area contributed by atoms with Crippen molar-refractivity contribution in [2.45, 2.75) is 20.8 Å². The molecule has 3 aromatic heterocycles. The van der Waals surface area contributed by atoms with Crippen LogP contribution in [0.3, 0.4) is 0 Å². The Hall–Kier alpha value is -4.57. The van der Waals surface area contributed by atoms with Crippen LogP contribution in [0.15, 0.2) is 67.9 Å². The van der Waals surface area contributed by atoms with E-state index in [-0.39, 0.29) is 33.6 Å². The summed E-state index contributed by atoms with van der Waals surface area (Å²) in [6.07, 6.45) is 0.